The van der Waals surface area contributed by atoms with Gasteiger partial charge < -0.3 is 13.9 Å². The molecule has 0 bridgehead atoms. The van der Waals surface area contributed by atoms with Crippen molar-refractivity contribution in [2.45, 2.75) is 80.1 Å². The molecule has 0 aromatic rings. The van der Waals surface area contributed by atoms with Crippen molar-refractivity contribution in [3.63, 3.8) is 0 Å². The van der Waals surface area contributed by atoms with Gasteiger partial charge in [0, 0.05) is 13.0 Å². The van der Waals surface area contributed by atoms with Gasteiger partial charge in [0.2, 0.25) is 0 Å². The van der Waals surface area contributed by atoms with E-state index in [2.05, 4.69) is 18.9 Å². The fraction of sp³-hybridized carbons (Fsp3) is 1.00. The Morgan fingerprint density at radius 3 is 1.07 bits per heavy atom. The molecule has 0 aliphatic carbocycles. The Morgan fingerprint density at radius 2 is 0.822 bits per heavy atom. The molecule has 0 rings (SSSR count). The highest BCUT2D eigenvalue weighted by atomic mass is 28.4. The molecule has 2 unspecified atom stereocenters. The molecule has 272 valence electrons. The Labute approximate surface area is 240 Å². The fourth-order valence-corrected chi connectivity index (χ4v) is 4.50. The summed E-state index contributed by atoms with van der Waals surface area (Å²) in [5.74, 6) is -26.5. The summed E-state index contributed by atoms with van der Waals surface area (Å²) >= 11 is 0. The molecule has 0 aliphatic heterocycles. The zero-order valence-electron chi connectivity index (χ0n) is 22.4. The van der Waals surface area contributed by atoms with Gasteiger partial charge in [0.1, 0.15) is 13.2 Å². The summed E-state index contributed by atoms with van der Waals surface area (Å²) in [6.07, 6.45) is -37.6. The van der Waals surface area contributed by atoms with Gasteiger partial charge in [0.05, 0.1) is 13.2 Å². The molecule has 0 saturated carbocycles. The van der Waals surface area contributed by atoms with E-state index < -0.39 is 102 Å². The zero-order chi connectivity index (χ0) is 36.3. The van der Waals surface area contributed by atoms with E-state index in [1.807, 2.05) is 0 Å². The van der Waals surface area contributed by atoms with Crippen molar-refractivity contribution in [3.8, 4) is 0 Å². The molecule has 0 saturated heterocycles. The van der Waals surface area contributed by atoms with E-state index in [4.69, 9.17) is 4.43 Å². The molecule has 2 atom stereocenters. The smallest absolute Gasteiger partial charge is 0.420 e. The highest BCUT2D eigenvalue weighted by Crippen LogP contribution is 2.49. The number of halogens is 20. The summed E-state index contributed by atoms with van der Waals surface area (Å²) in [5, 5.41) is 0. The number of rotatable bonds is 19. The Kier molecular flexibility index (Phi) is 13.9. The maximum absolute atomic E-state index is 13.8. The Morgan fingerprint density at radius 1 is 0.533 bits per heavy atom. The molecule has 5 nitrogen and oxygen atoms in total. The number of hydrogen-bond acceptors (Lipinski definition) is 5. The second-order valence-corrected chi connectivity index (χ2v) is 14.0. The second kappa shape index (κ2) is 14.4. The summed E-state index contributed by atoms with van der Waals surface area (Å²) in [5.41, 5.74) is 0. The second-order valence-electron chi connectivity index (χ2n) is 9.63. The predicted octanol–water partition coefficient (Wildman–Crippen LogP) is 7.96. The first kappa shape index (κ1) is 43.6. The van der Waals surface area contributed by atoms with Crippen molar-refractivity contribution < 1.29 is 111 Å². The first-order chi connectivity index (χ1) is 19.6. The first-order valence-electron chi connectivity index (χ1n) is 11.3. The maximum Gasteiger partial charge on any atom is 0.462 e. The van der Waals surface area contributed by atoms with Crippen molar-refractivity contribution in [1.29, 1.82) is 0 Å². The van der Waals surface area contributed by atoms with Gasteiger partial charge in [-0.25, -0.2) is 8.78 Å². The van der Waals surface area contributed by atoms with Crippen LogP contribution in [0, 0.1) is 5.92 Å². The highest BCUT2D eigenvalue weighted by molar-refractivity contribution is 6.71. The van der Waals surface area contributed by atoms with Gasteiger partial charge in [-0.05, 0) is 19.1 Å². The fourth-order valence-electron chi connectivity index (χ4n) is 2.71. The van der Waals surface area contributed by atoms with E-state index in [0.717, 1.165) is 7.11 Å². The van der Waals surface area contributed by atoms with Crippen molar-refractivity contribution in [2.24, 2.45) is 5.92 Å². The molecule has 0 radical (unpaired) electrons. The number of hydrogen-bond donors (Lipinski definition) is 0. The molecule has 0 N–H and O–H groups in total. The average molecular weight is 738 g/mol. The van der Waals surface area contributed by atoms with E-state index in [9.17, 15) is 87.8 Å². The van der Waals surface area contributed by atoms with E-state index in [1.165, 1.54) is 13.1 Å². The van der Waals surface area contributed by atoms with Crippen LogP contribution in [0.2, 0.25) is 19.1 Å². The minimum atomic E-state index is -7.14. The van der Waals surface area contributed by atoms with E-state index in [1.54, 1.807) is 0 Å². The SMILES string of the molecule is CO[Si](C)(C)CC(COCC(F)(F)C(F)OC(F)(F)C(F)(F)C(F)(F)F)COCC(F)(F)C(F)OC(F)(F)C(F)(F)C(F)(F)F. The minimum Gasteiger partial charge on any atom is -0.420 e. The maximum atomic E-state index is 13.8. The third kappa shape index (κ3) is 11.4. The molecule has 0 amide bonds. The molecule has 0 fully saturated rings. The third-order valence-corrected chi connectivity index (χ3v) is 7.90. The Bertz CT molecular complexity index is 861. The Balaban J connectivity index is 5.47. The third-order valence-electron chi connectivity index (χ3n) is 5.24. The van der Waals surface area contributed by atoms with Gasteiger partial charge >= 0.3 is 48.3 Å². The monoisotopic (exact) mass is 738 g/mol. The molecule has 0 spiro atoms. The van der Waals surface area contributed by atoms with Gasteiger partial charge in [-0.2, -0.15) is 79.0 Å². The van der Waals surface area contributed by atoms with Crippen LogP contribution in [0.25, 0.3) is 0 Å². The van der Waals surface area contributed by atoms with Crippen molar-refractivity contribution in [3.05, 3.63) is 0 Å². The quantitative estimate of drug-likeness (QED) is 0.0995. The summed E-state index contributed by atoms with van der Waals surface area (Å²) in [7, 11) is -1.85. The molecule has 0 aromatic carbocycles. The normalized spacial score (nSPS) is 17.4. The minimum absolute atomic E-state index is 0.377. The number of ether oxygens (including phenoxy) is 4. The molecule has 0 aromatic heterocycles. The molecular formula is C19H22F20O5Si. The first-order valence-corrected chi connectivity index (χ1v) is 14.5. The van der Waals surface area contributed by atoms with Crippen LogP contribution in [-0.2, 0) is 23.4 Å². The van der Waals surface area contributed by atoms with E-state index in [0.29, 0.717) is 0 Å². The zero-order valence-corrected chi connectivity index (χ0v) is 23.4. The summed E-state index contributed by atoms with van der Waals surface area (Å²) in [4.78, 5) is 0. The van der Waals surface area contributed by atoms with Crippen LogP contribution in [0.1, 0.15) is 0 Å². The van der Waals surface area contributed by atoms with E-state index >= 15 is 0 Å². The lowest BCUT2D eigenvalue weighted by molar-refractivity contribution is -0.451. The van der Waals surface area contributed by atoms with E-state index in [-0.39, 0.29) is 6.04 Å². The summed E-state index contributed by atoms with van der Waals surface area (Å²) in [6.45, 7) is -4.46. The van der Waals surface area contributed by atoms with Crippen LogP contribution in [0.3, 0.4) is 0 Å². The van der Waals surface area contributed by atoms with Gasteiger partial charge in [-0.3, -0.25) is 9.47 Å². The molecule has 45 heavy (non-hydrogen) atoms. The summed E-state index contributed by atoms with van der Waals surface area (Å²) in [6, 6.07) is -0.377. The Hall–Kier alpha value is -1.38. The van der Waals surface area contributed by atoms with Gasteiger partial charge in [0.15, 0.2) is 8.32 Å². The van der Waals surface area contributed by atoms with Gasteiger partial charge in [-0.1, -0.05) is 0 Å². The standard InChI is InChI=1S/C19H22F20O5Si/c1-40-45(2,3)6-9(4-41-7-12(22,23)10(20)43-18(36,37)14(26,27)16(30,31)32)5-42-8-13(24,25)11(21)44-19(38,39)15(28,29)17(33,34)35/h9-11H,4-8H2,1-3H3. The van der Waals surface area contributed by atoms with Crippen molar-refractivity contribution >= 4 is 8.32 Å². The molecule has 0 aliphatic rings. The number of alkyl halides is 20. The van der Waals surface area contributed by atoms with Crippen LogP contribution in [0.4, 0.5) is 87.8 Å². The molecule has 0 heterocycles. The topological polar surface area (TPSA) is 46.2 Å². The van der Waals surface area contributed by atoms with Gasteiger partial charge in [-0.15, -0.1) is 0 Å². The highest BCUT2D eigenvalue weighted by Gasteiger charge is 2.77. The lowest BCUT2D eigenvalue weighted by Crippen LogP contribution is -2.56. The van der Waals surface area contributed by atoms with Crippen LogP contribution in [0.5, 0.6) is 0 Å². The largest absolute Gasteiger partial charge is 0.462 e. The van der Waals surface area contributed by atoms with Crippen LogP contribution in [0.15, 0.2) is 0 Å². The molecule has 26 heteroatoms. The predicted molar refractivity (Wildman–Crippen MR) is 108 cm³/mol. The molecular weight excluding hydrogens is 716 g/mol. The van der Waals surface area contributed by atoms with Crippen molar-refractivity contribution in [1.82, 2.24) is 0 Å². The van der Waals surface area contributed by atoms with Crippen LogP contribution < -0.4 is 0 Å². The summed E-state index contributed by atoms with van der Waals surface area (Å²) < 4.78 is 276. The van der Waals surface area contributed by atoms with Crippen LogP contribution >= 0.6 is 0 Å². The lowest BCUT2D eigenvalue weighted by Gasteiger charge is -2.31. The van der Waals surface area contributed by atoms with Crippen molar-refractivity contribution in [2.75, 3.05) is 33.5 Å². The lowest BCUT2D eigenvalue weighted by atomic mass is 10.2. The van der Waals surface area contributed by atoms with Crippen LogP contribution in [-0.4, -0.2) is 103 Å². The van der Waals surface area contributed by atoms with Gasteiger partial charge in [0.25, 0.3) is 12.7 Å². The average Bonchev–Trinajstić information content (AvgIpc) is 2.81.